The molecule has 0 spiro atoms. The molecule has 0 radical (unpaired) electrons. The highest BCUT2D eigenvalue weighted by Gasteiger charge is 2.23. The van der Waals surface area contributed by atoms with Crippen LogP contribution in [0.25, 0.3) is 0 Å². The number of hydrogen-bond acceptors (Lipinski definition) is 3. The Morgan fingerprint density at radius 3 is 2.57 bits per heavy atom. The Kier molecular flexibility index (Phi) is 6.14. The normalized spacial score (nSPS) is 16.2. The van der Waals surface area contributed by atoms with Crippen LogP contribution in [0.5, 0.6) is 0 Å². The zero-order chi connectivity index (χ0) is 15.1. The van der Waals surface area contributed by atoms with Crippen LogP contribution in [-0.2, 0) is 16.0 Å². The maximum absolute atomic E-state index is 12.8. The number of aliphatic hydroxyl groups is 1. The summed E-state index contributed by atoms with van der Waals surface area (Å²) in [4.78, 5) is 14.0. The molecule has 1 fully saturated rings. The molecule has 116 valence electrons. The number of aliphatic hydroxyl groups excluding tert-OH is 1. The maximum atomic E-state index is 12.8. The lowest BCUT2D eigenvalue weighted by Crippen LogP contribution is -2.41. The van der Waals surface area contributed by atoms with Crippen molar-refractivity contribution in [2.75, 3.05) is 26.3 Å². The van der Waals surface area contributed by atoms with E-state index in [0.717, 1.165) is 18.4 Å². The number of carbonyl (C=O) groups excluding carboxylic acids is 1. The highest BCUT2D eigenvalue weighted by atomic mass is 19.1. The van der Waals surface area contributed by atoms with E-state index in [4.69, 9.17) is 9.84 Å². The molecule has 1 aliphatic heterocycles. The average molecular weight is 295 g/mol. The molecule has 0 saturated carbocycles. The molecular weight excluding hydrogens is 273 g/mol. The van der Waals surface area contributed by atoms with Crippen LogP contribution >= 0.6 is 0 Å². The van der Waals surface area contributed by atoms with Crippen LogP contribution in [0.3, 0.4) is 0 Å². The Bertz CT molecular complexity index is 441. The molecule has 1 aliphatic rings. The highest BCUT2D eigenvalue weighted by Crippen LogP contribution is 2.15. The second kappa shape index (κ2) is 8.10. The molecule has 1 saturated heterocycles. The molecule has 1 aromatic carbocycles. The fourth-order valence-corrected chi connectivity index (χ4v) is 2.48. The van der Waals surface area contributed by atoms with Gasteiger partial charge < -0.3 is 14.7 Å². The summed E-state index contributed by atoms with van der Waals surface area (Å²) in [6.45, 7) is 2.12. The first-order valence-corrected chi connectivity index (χ1v) is 7.43. The summed E-state index contributed by atoms with van der Waals surface area (Å²) in [5, 5.41) is 8.71. The molecule has 0 bridgehead atoms. The zero-order valence-corrected chi connectivity index (χ0v) is 12.1. The summed E-state index contributed by atoms with van der Waals surface area (Å²) < 4.78 is 18.5. The molecular formula is C16H22FNO3. The van der Waals surface area contributed by atoms with Crippen LogP contribution in [0.4, 0.5) is 4.39 Å². The molecule has 1 heterocycles. The van der Waals surface area contributed by atoms with Crippen molar-refractivity contribution in [1.29, 1.82) is 0 Å². The lowest BCUT2D eigenvalue weighted by Gasteiger charge is -2.32. The summed E-state index contributed by atoms with van der Waals surface area (Å²) in [6, 6.07) is 6.06. The molecule has 0 aromatic heterocycles. The Hall–Kier alpha value is -1.46. The van der Waals surface area contributed by atoms with Gasteiger partial charge in [-0.05, 0) is 37.0 Å². The fraction of sp³-hybridized carbons (Fsp3) is 0.562. The molecule has 5 heteroatoms. The maximum Gasteiger partial charge on any atom is 0.226 e. The average Bonchev–Trinajstić information content (AvgIpc) is 2.50. The van der Waals surface area contributed by atoms with E-state index in [1.165, 1.54) is 12.1 Å². The van der Waals surface area contributed by atoms with Gasteiger partial charge in [0.15, 0.2) is 0 Å². The largest absolute Gasteiger partial charge is 0.396 e. The molecule has 0 unspecified atom stereocenters. The van der Waals surface area contributed by atoms with E-state index in [9.17, 15) is 9.18 Å². The molecule has 1 N–H and O–H groups in total. The molecule has 0 aliphatic carbocycles. The minimum atomic E-state index is -0.285. The predicted molar refractivity (Wildman–Crippen MR) is 77.4 cm³/mol. The molecule has 2 rings (SSSR count). The van der Waals surface area contributed by atoms with E-state index in [2.05, 4.69) is 0 Å². The topological polar surface area (TPSA) is 49.8 Å². The first-order valence-electron chi connectivity index (χ1n) is 7.43. The van der Waals surface area contributed by atoms with Crippen molar-refractivity contribution in [3.63, 3.8) is 0 Å². The van der Waals surface area contributed by atoms with Gasteiger partial charge in [-0.2, -0.15) is 0 Å². The number of ether oxygens (including phenoxy) is 1. The number of likely N-dealkylation sites (tertiary alicyclic amines) is 1. The first-order chi connectivity index (χ1) is 10.2. The number of benzene rings is 1. The van der Waals surface area contributed by atoms with Crippen LogP contribution in [0.15, 0.2) is 24.3 Å². The van der Waals surface area contributed by atoms with Gasteiger partial charge in [-0.1, -0.05) is 12.1 Å². The Morgan fingerprint density at radius 1 is 1.29 bits per heavy atom. The van der Waals surface area contributed by atoms with Crippen molar-refractivity contribution in [3.05, 3.63) is 35.6 Å². The number of hydrogen-bond donors (Lipinski definition) is 1. The smallest absolute Gasteiger partial charge is 0.226 e. The number of rotatable bonds is 6. The van der Waals surface area contributed by atoms with Crippen LogP contribution in [0.2, 0.25) is 0 Å². The Labute approximate surface area is 124 Å². The van der Waals surface area contributed by atoms with E-state index in [1.807, 2.05) is 4.90 Å². The van der Waals surface area contributed by atoms with Gasteiger partial charge in [-0.3, -0.25) is 4.79 Å². The van der Waals surface area contributed by atoms with E-state index in [1.54, 1.807) is 12.1 Å². The quantitative estimate of drug-likeness (QED) is 0.814. The summed E-state index contributed by atoms with van der Waals surface area (Å²) in [7, 11) is 0. The number of nitrogens with zero attached hydrogens (tertiary/aromatic N) is 1. The van der Waals surface area contributed by atoms with Crippen molar-refractivity contribution in [3.8, 4) is 0 Å². The number of piperidine rings is 1. The van der Waals surface area contributed by atoms with Gasteiger partial charge >= 0.3 is 0 Å². The third kappa shape index (κ3) is 5.10. The van der Waals surface area contributed by atoms with Gasteiger partial charge in [0.1, 0.15) is 5.82 Å². The molecule has 1 aromatic rings. The van der Waals surface area contributed by atoms with Gasteiger partial charge in [0, 0.05) is 26.3 Å². The van der Waals surface area contributed by atoms with Crippen LogP contribution in [-0.4, -0.2) is 48.3 Å². The van der Waals surface area contributed by atoms with Crippen molar-refractivity contribution in [2.24, 2.45) is 0 Å². The summed E-state index contributed by atoms with van der Waals surface area (Å²) in [5.41, 5.74) is 0.836. The van der Waals surface area contributed by atoms with Crippen molar-refractivity contribution >= 4 is 5.91 Å². The minimum absolute atomic E-state index is 0.0791. The molecule has 4 nitrogen and oxygen atoms in total. The van der Waals surface area contributed by atoms with Gasteiger partial charge in [-0.25, -0.2) is 4.39 Å². The van der Waals surface area contributed by atoms with E-state index < -0.39 is 0 Å². The van der Waals surface area contributed by atoms with E-state index in [0.29, 0.717) is 32.5 Å². The van der Waals surface area contributed by atoms with Crippen LogP contribution in [0.1, 0.15) is 24.8 Å². The Morgan fingerprint density at radius 2 is 1.95 bits per heavy atom. The van der Waals surface area contributed by atoms with Gasteiger partial charge in [0.25, 0.3) is 0 Å². The first kappa shape index (κ1) is 15.9. The molecule has 0 atom stereocenters. The fourth-order valence-electron chi connectivity index (χ4n) is 2.48. The third-order valence-corrected chi connectivity index (χ3v) is 3.72. The number of carbonyl (C=O) groups is 1. The van der Waals surface area contributed by atoms with Crippen molar-refractivity contribution in [1.82, 2.24) is 4.90 Å². The van der Waals surface area contributed by atoms with Crippen molar-refractivity contribution < 1.29 is 19.0 Å². The highest BCUT2D eigenvalue weighted by molar-refractivity contribution is 5.78. The van der Waals surface area contributed by atoms with Crippen molar-refractivity contribution in [2.45, 2.75) is 31.8 Å². The van der Waals surface area contributed by atoms with E-state index >= 15 is 0 Å². The van der Waals surface area contributed by atoms with Crippen LogP contribution < -0.4 is 0 Å². The summed E-state index contributed by atoms with van der Waals surface area (Å²) in [6.07, 6.45) is 2.83. The van der Waals surface area contributed by atoms with Gasteiger partial charge in [-0.15, -0.1) is 0 Å². The minimum Gasteiger partial charge on any atom is -0.396 e. The number of amides is 1. The lowest BCUT2D eigenvalue weighted by atomic mass is 10.1. The SMILES string of the molecule is O=C(Cc1ccc(F)cc1)N1CCC(OCCCO)CC1. The molecule has 1 amide bonds. The van der Waals surface area contributed by atoms with E-state index in [-0.39, 0.29) is 24.4 Å². The predicted octanol–water partition coefficient (Wildman–Crippen LogP) is 1.76. The second-order valence-electron chi connectivity index (χ2n) is 5.33. The second-order valence-corrected chi connectivity index (χ2v) is 5.33. The Balaban J connectivity index is 1.74. The third-order valence-electron chi connectivity index (χ3n) is 3.72. The molecule has 21 heavy (non-hydrogen) atoms. The zero-order valence-electron chi connectivity index (χ0n) is 12.1. The number of halogens is 1. The van der Waals surface area contributed by atoms with Gasteiger partial charge in [0.2, 0.25) is 5.91 Å². The summed E-state index contributed by atoms with van der Waals surface area (Å²) in [5.74, 6) is -0.206. The monoisotopic (exact) mass is 295 g/mol. The van der Waals surface area contributed by atoms with Gasteiger partial charge in [0.05, 0.1) is 12.5 Å². The van der Waals surface area contributed by atoms with Crippen LogP contribution in [0, 0.1) is 5.82 Å². The lowest BCUT2D eigenvalue weighted by molar-refractivity contribution is -0.133. The standard InChI is InChI=1S/C16H22FNO3/c17-14-4-2-13(3-5-14)12-16(20)18-8-6-15(7-9-18)21-11-1-10-19/h2-5,15,19H,1,6-12H2. The summed E-state index contributed by atoms with van der Waals surface area (Å²) >= 11 is 0.